The van der Waals surface area contributed by atoms with Crippen LogP contribution >= 0.6 is 0 Å². The Morgan fingerprint density at radius 2 is 0.982 bits per heavy atom. The third kappa shape index (κ3) is 5.94. The minimum absolute atomic E-state index is 0. The summed E-state index contributed by atoms with van der Waals surface area (Å²) in [6, 6.07) is 51.8. The summed E-state index contributed by atoms with van der Waals surface area (Å²) >= 11 is 0. The summed E-state index contributed by atoms with van der Waals surface area (Å²) in [6.07, 6.45) is 11.6. The molecule has 0 aromatic heterocycles. The molecule has 0 radical (unpaired) electrons. The van der Waals surface area contributed by atoms with E-state index in [4.69, 9.17) is 0 Å². The predicted molar refractivity (Wildman–Crippen MR) is 224 cm³/mol. The molecule has 1 heteroatoms. The molecule has 270 valence electrons. The van der Waals surface area contributed by atoms with E-state index < -0.39 is 0 Å². The molecular weight excluding hydrogens is 656 g/mol. The van der Waals surface area contributed by atoms with Crippen LogP contribution in [0.3, 0.4) is 0 Å². The Balaban J connectivity index is 0.000000109. The Labute approximate surface area is 342 Å². The molecule has 4 bridgehead atoms. The number of benzene rings is 6. The van der Waals surface area contributed by atoms with E-state index in [2.05, 4.69) is 143 Å². The summed E-state index contributed by atoms with van der Waals surface area (Å²) in [5, 5.41) is 0. The van der Waals surface area contributed by atoms with Crippen molar-refractivity contribution in [3.8, 4) is 33.4 Å². The maximum atomic E-state index is 3.95. The van der Waals surface area contributed by atoms with E-state index in [1.54, 1.807) is 22.3 Å². The normalized spacial score (nSPS) is 22.8. The second-order valence-corrected chi connectivity index (χ2v) is 17.9. The quantitative estimate of drug-likeness (QED) is 0.118. The number of hydrogen-bond donors (Lipinski definition) is 0. The van der Waals surface area contributed by atoms with Crippen LogP contribution in [-0.4, -0.2) is 0 Å². The van der Waals surface area contributed by atoms with Crippen LogP contribution in [0.1, 0.15) is 147 Å². The van der Waals surface area contributed by atoms with Crippen molar-refractivity contribution in [1.82, 2.24) is 0 Å². The topological polar surface area (TPSA) is 0 Å². The molecule has 6 aromatic carbocycles. The van der Waals surface area contributed by atoms with Crippen LogP contribution < -0.4 is 18.9 Å². The number of fused-ring (bicyclic) bond motifs is 10. The van der Waals surface area contributed by atoms with Gasteiger partial charge in [0.05, 0.1) is 0 Å². The van der Waals surface area contributed by atoms with Gasteiger partial charge in [0.2, 0.25) is 0 Å². The third-order valence-corrected chi connectivity index (χ3v) is 14.4. The summed E-state index contributed by atoms with van der Waals surface area (Å²) in [5.74, 6) is 3.53. The van der Waals surface area contributed by atoms with Crippen molar-refractivity contribution in [2.24, 2.45) is 0 Å². The first-order chi connectivity index (χ1) is 26.3. The van der Waals surface area contributed by atoms with Crippen LogP contribution in [0.25, 0.3) is 33.4 Å². The van der Waals surface area contributed by atoms with E-state index >= 15 is 0 Å². The largest absolute Gasteiger partial charge is 1.00 e. The molecule has 8 aliphatic rings. The second-order valence-electron chi connectivity index (χ2n) is 17.9. The molecule has 0 amide bonds. The molecule has 0 aliphatic heterocycles. The Morgan fingerprint density at radius 1 is 0.473 bits per heavy atom. The van der Waals surface area contributed by atoms with Crippen LogP contribution in [0.15, 0.2) is 115 Å². The van der Waals surface area contributed by atoms with Crippen LogP contribution in [0, 0.1) is 18.2 Å². The van der Waals surface area contributed by atoms with Gasteiger partial charge in [-0.15, -0.1) is 58.1 Å². The van der Waals surface area contributed by atoms with Crippen molar-refractivity contribution in [3.63, 3.8) is 0 Å². The SMILES string of the molecule is CC1(C)c2c[c-]ccc2-c2ccccc21.CC1(C)c2ccccc2-c2c(-c3[c-]cccc3)cccc21.[Li+].[c-]1c2c(cc3c1C1CCC3CC1)C1CCC2CC1. The Kier molecular flexibility index (Phi) is 9.40. The third-order valence-electron chi connectivity index (χ3n) is 14.4. The molecule has 55 heavy (non-hydrogen) atoms. The summed E-state index contributed by atoms with van der Waals surface area (Å²) in [4.78, 5) is 0. The molecule has 0 atom stereocenters. The van der Waals surface area contributed by atoms with Gasteiger partial charge in [-0.3, -0.25) is 0 Å². The maximum Gasteiger partial charge on any atom is 1.00 e. The Hall–Kier alpha value is -4.08. The molecular formula is C54H51Li-2. The first kappa shape index (κ1) is 36.5. The summed E-state index contributed by atoms with van der Waals surface area (Å²) in [7, 11) is 0. The van der Waals surface area contributed by atoms with Crippen LogP contribution in [0.2, 0.25) is 0 Å². The summed E-state index contributed by atoms with van der Waals surface area (Å²) in [6.45, 7) is 9.20. The van der Waals surface area contributed by atoms with Crippen LogP contribution in [0.5, 0.6) is 0 Å². The maximum absolute atomic E-state index is 3.95. The monoisotopic (exact) mass is 706 g/mol. The number of hydrogen-bond acceptors (Lipinski definition) is 0. The van der Waals surface area contributed by atoms with E-state index in [9.17, 15) is 0 Å². The summed E-state index contributed by atoms with van der Waals surface area (Å²) in [5.41, 5.74) is 20.6. The van der Waals surface area contributed by atoms with Gasteiger partial charge in [0, 0.05) is 5.41 Å². The predicted octanol–water partition coefficient (Wildman–Crippen LogP) is 11.3. The molecule has 0 nitrogen and oxygen atoms in total. The minimum Gasteiger partial charge on any atom is -0.183 e. The zero-order valence-electron chi connectivity index (χ0n) is 33.4. The van der Waals surface area contributed by atoms with E-state index in [1.165, 1.54) is 107 Å². The van der Waals surface area contributed by atoms with Crippen molar-refractivity contribution in [2.45, 2.75) is 114 Å². The standard InChI is InChI=1S/C21H17.C18H21.C15H13.Li/c1-21(2)18-13-7-6-11-17(18)20-16(12-8-14-19(20)21)15-9-4-3-5-10-15;1-2-12-4-3-11(1)15-9-17-13-5-7-14(8-6-13)18(17)10-16(12)15;1-15(2)13-9-5-3-7-11(13)12-8-4-6-10-14(12)15;/h3-9,11-14H,1-2H3;9,11-14H,1-8H2;3-5,7-10H,1-2H3;/q3*-1;+1. The second kappa shape index (κ2) is 14.1. The fraction of sp³-hybridized carbons (Fsp3) is 0.333. The molecule has 0 saturated heterocycles. The van der Waals surface area contributed by atoms with E-state index in [0.717, 1.165) is 23.7 Å². The van der Waals surface area contributed by atoms with Gasteiger partial charge < -0.3 is 0 Å². The molecule has 2 fully saturated rings. The average molecular weight is 707 g/mol. The number of rotatable bonds is 1. The van der Waals surface area contributed by atoms with Gasteiger partial charge in [-0.25, -0.2) is 0 Å². The van der Waals surface area contributed by atoms with Crippen molar-refractivity contribution >= 4 is 0 Å². The van der Waals surface area contributed by atoms with E-state index in [0.29, 0.717) is 0 Å². The zero-order valence-corrected chi connectivity index (χ0v) is 33.4. The Morgan fingerprint density at radius 3 is 1.62 bits per heavy atom. The van der Waals surface area contributed by atoms with Crippen LogP contribution in [-0.2, 0) is 10.8 Å². The molecule has 0 N–H and O–H groups in total. The van der Waals surface area contributed by atoms with Gasteiger partial charge in [-0.05, 0) is 76.3 Å². The molecule has 6 aromatic rings. The smallest absolute Gasteiger partial charge is 0.183 e. The average Bonchev–Trinajstić information content (AvgIpc) is 3.62. The van der Waals surface area contributed by atoms with Crippen molar-refractivity contribution < 1.29 is 18.9 Å². The molecule has 2 saturated carbocycles. The van der Waals surface area contributed by atoms with Crippen molar-refractivity contribution in [2.75, 3.05) is 0 Å². The molecule has 0 unspecified atom stereocenters. The van der Waals surface area contributed by atoms with Gasteiger partial charge in [-0.1, -0.05) is 138 Å². The first-order valence-electron chi connectivity index (χ1n) is 20.7. The first-order valence-corrected chi connectivity index (χ1v) is 20.7. The fourth-order valence-corrected chi connectivity index (χ4v) is 11.5. The van der Waals surface area contributed by atoms with Crippen molar-refractivity contribution in [3.05, 3.63) is 178 Å². The van der Waals surface area contributed by atoms with Crippen molar-refractivity contribution in [1.29, 1.82) is 0 Å². The fourth-order valence-electron chi connectivity index (χ4n) is 11.5. The van der Waals surface area contributed by atoms with Gasteiger partial charge in [0.25, 0.3) is 0 Å². The molecule has 0 spiro atoms. The van der Waals surface area contributed by atoms with E-state index in [1.807, 2.05) is 18.2 Å². The summed E-state index contributed by atoms with van der Waals surface area (Å²) < 4.78 is 0. The Bertz CT molecular complexity index is 2220. The van der Waals surface area contributed by atoms with Gasteiger partial charge in [0.15, 0.2) is 0 Å². The van der Waals surface area contributed by atoms with Gasteiger partial charge in [-0.2, -0.15) is 47.5 Å². The molecule has 0 heterocycles. The van der Waals surface area contributed by atoms with E-state index in [-0.39, 0.29) is 29.7 Å². The minimum atomic E-state index is 0. The van der Waals surface area contributed by atoms with Gasteiger partial charge in [0.1, 0.15) is 0 Å². The molecule has 14 rings (SSSR count). The zero-order chi connectivity index (χ0) is 36.6. The van der Waals surface area contributed by atoms with Gasteiger partial charge >= 0.3 is 18.9 Å². The molecule has 8 aliphatic carbocycles. The van der Waals surface area contributed by atoms with Crippen LogP contribution in [0.4, 0.5) is 0 Å².